The molecule has 6 heteroatoms. The second-order valence-corrected chi connectivity index (χ2v) is 26.0. The molecule has 0 heterocycles. The molecule has 0 saturated heterocycles. The summed E-state index contributed by atoms with van der Waals surface area (Å²) in [7, 11) is 2.77. The third-order valence-corrected chi connectivity index (χ3v) is 21.2. The molecule has 0 aliphatic heterocycles. The van der Waals surface area contributed by atoms with Crippen molar-refractivity contribution in [2.75, 3.05) is 46.0 Å². The molecule has 0 radical (unpaired) electrons. The van der Waals surface area contributed by atoms with Crippen LogP contribution in [-0.2, 0) is 13.3 Å². The molecule has 0 aliphatic rings. The molecule has 0 rings (SSSR count). The third-order valence-electron chi connectivity index (χ3n) is 8.34. The van der Waals surface area contributed by atoms with Crippen molar-refractivity contribution in [2.24, 2.45) is 0 Å². The molecule has 36 heavy (non-hydrogen) atoms. The summed E-state index contributed by atoms with van der Waals surface area (Å²) in [6.07, 6.45) is 31.9. The minimum atomic E-state index is -2.51. The summed E-state index contributed by atoms with van der Waals surface area (Å²) in [5.41, 5.74) is 0. The van der Waals surface area contributed by atoms with Crippen LogP contribution in [0.1, 0.15) is 143 Å². The van der Waals surface area contributed by atoms with Crippen LogP contribution in [0.3, 0.4) is 0 Å². The van der Waals surface area contributed by atoms with Gasteiger partial charge < -0.3 is 0 Å². The molecular weight excluding hydrogens is 547 g/mol. The molecule has 0 N–H and O–H groups in total. The van der Waals surface area contributed by atoms with E-state index in [0.717, 1.165) is 12.5 Å². The first kappa shape index (κ1) is 37.0. The van der Waals surface area contributed by atoms with E-state index in [4.69, 9.17) is 28.8 Å². The number of rotatable bonds is 28. The van der Waals surface area contributed by atoms with Crippen molar-refractivity contribution in [1.82, 2.24) is 0 Å². The molecular formula is C30H66BrO3PSi. The van der Waals surface area contributed by atoms with Crippen LogP contribution in [0.25, 0.3) is 0 Å². The molecule has 0 bridgehead atoms. The molecule has 0 atom stereocenters. The van der Waals surface area contributed by atoms with Crippen molar-refractivity contribution < 1.29 is 13.3 Å². The van der Waals surface area contributed by atoms with Crippen LogP contribution in [0.5, 0.6) is 0 Å². The Bertz CT molecular complexity index is 439. The number of hydrogen-bond acceptors (Lipinski definition) is 3. The Morgan fingerprint density at radius 1 is 0.444 bits per heavy atom. The van der Waals surface area contributed by atoms with Gasteiger partial charge in [-0.25, -0.2) is 0 Å². The average Bonchev–Trinajstić information content (AvgIpc) is 2.89. The normalized spacial score (nSPS) is 13.7. The molecule has 0 spiro atoms. The Kier molecular flexibility index (Phi) is 23.4. The Hall–Kier alpha value is 1.01. The van der Waals surface area contributed by atoms with Crippen molar-refractivity contribution in [2.45, 2.75) is 149 Å². The van der Waals surface area contributed by atoms with Crippen molar-refractivity contribution in [3.63, 3.8) is 0 Å². The van der Waals surface area contributed by atoms with Crippen molar-refractivity contribution in [1.29, 1.82) is 0 Å². The zero-order valence-corrected chi connectivity index (χ0v) is 29.0. The molecule has 3 nitrogen and oxygen atoms in total. The maximum atomic E-state index is 5.79. The van der Waals surface area contributed by atoms with Crippen LogP contribution in [0.2, 0.25) is 6.04 Å². The van der Waals surface area contributed by atoms with Gasteiger partial charge in [-0.1, -0.05) is 0 Å². The van der Waals surface area contributed by atoms with Crippen LogP contribution in [0.4, 0.5) is 0 Å². The van der Waals surface area contributed by atoms with Gasteiger partial charge in [-0.3, -0.25) is 0 Å². The zero-order chi connectivity index (χ0) is 27.0. The number of hydrogen-bond donors (Lipinski definition) is 0. The average molecular weight is 614 g/mol. The van der Waals surface area contributed by atoms with E-state index in [1.54, 1.807) is 21.3 Å². The molecule has 0 aliphatic carbocycles. The minimum absolute atomic E-state index is 0.934. The quantitative estimate of drug-likeness (QED) is 0.0499. The van der Waals surface area contributed by atoms with Gasteiger partial charge in [0.1, 0.15) is 0 Å². The molecule has 0 aromatic rings. The predicted molar refractivity (Wildman–Crippen MR) is 172 cm³/mol. The molecule has 0 amide bonds. The second-order valence-electron chi connectivity index (χ2n) is 11.4. The van der Waals surface area contributed by atoms with Crippen molar-refractivity contribution >= 4 is 29.6 Å². The van der Waals surface area contributed by atoms with E-state index in [0.29, 0.717) is 0 Å². The van der Waals surface area contributed by atoms with E-state index in [9.17, 15) is 0 Å². The van der Waals surface area contributed by atoms with Gasteiger partial charge >= 0.3 is 238 Å². The summed E-state index contributed by atoms with van der Waals surface area (Å²) >= 11 is 4.70. The Morgan fingerprint density at radius 3 is 1.03 bits per heavy atom. The van der Waals surface area contributed by atoms with E-state index in [1.807, 2.05) is 0 Å². The van der Waals surface area contributed by atoms with Crippen LogP contribution in [-0.4, -0.2) is 54.8 Å². The third kappa shape index (κ3) is 16.9. The molecule has 0 aromatic carbocycles. The number of halogens is 1. The van der Waals surface area contributed by atoms with Gasteiger partial charge in [0.05, 0.1) is 0 Å². The monoisotopic (exact) mass is 612 g/mol. The van der Waals surface area contributed by atoms with Gasteiger partial charge in [-0.15, -0.1) is 0 Å². The summed E-state index contributed by atoms with van der Waals surface area (Å²) in [5, 5.41) is -1.97. The van der Waals surface area contributed by atoms with Crippen molar-refractivity contribution in [3.05, 3.63) is 0 Å². The fraction of sp³-hybridized carbons (Fsp3) is 1.00. The fourth-order valence-corrected chi connectivity index (χ4v) is 16.1. The Morgan fingerprint density at radius 2 is 0.722 bits per heavy atom. The zero-order valence-electron chi connectivity index (χ0n) is 25.5. The summed E-state index contributed by atoms with van der Waals surface area (Å²) in [6, 6.07) is 0.934. The fourth-order valence-electron chi connectivity index (χ4n) is 5.78. The first-order chi connectivity index (χ1) is 17.4. The first-order valence-electron chi connectivity index (χ1n) is 15.7. The van der Waals surface area contributed by atoms with Gasteiger partial charge in [0.15, 0.2) is 0 Å². The molecule has 0 unspecified atom stereocenters. The van der Waals surface area contributed by atoms with E-state index in [2.05, 4.69) is 20.8 Å². The topological polar surface area (TPSA) is 27.7 Å². The Balaban J connectivity index is 5.37. The first-order valence-corrected chi connectivity index (χ1v) is 22.7. The summed E-state index contributed by atoms with van der Waals surface area (Å²) in [4.78, 5) is 0. The van der Waals surface area contributed by atoms with Gasteiger partial charge in [0.25, 0.3) is 0 Å². The Labute approximate surface area is 237 Å². The van der Waals surface area contributed by atoms with E-state index < -0.39 is 14.1 Å². The summed E-state index contributed by atoms with van der Waals surface area (Å²) in [6.45, 7) is 6.94. The van der Waals surface area contributed by atoms with Gasteiger partial charge in [0, 0.05) is 0 Å². The van der Waals surface area contributed by atoms with E-state index >= 15 is 0 Å². The van der Waals surface area contributed by atoms with Crippen LogP contribution < -0.4 is 0 Å². The molecule has 0 aromatic heterocycles. The standard InChI is InChI=1S/C30H66BrO3PSi/c1-7-10-13-16-19-22-26-35(31,27-23-20-17-14-11-8-2,28-24-21-18-15-12-9-3)29-25-30-36(32-4,33-5)34-6/h7-30H2,1-6H3. The molecule has 0 saturated carbocycles. The van der Waals surface area contributed by atoms with Crippen LogP contribution in [0.15, 0.2) is 0 Å². The van der Waals surface area contributed by atoms with Gasteiger partial charge in [-0.05, 0) is 0 Å². The predicted octanol–water partition coefficient (Wildman–Crippen LogP) is 11.2. The summed E-state index contributed by atoms with van der Waals surface area (Å²) in [5.74, 6) is 0. The second kappa shape index (κ2) is 22.8. The molecule has 0 fully saturated rings. The van der Waals surface area contributed by atoms with E-state index in [1.165, 1.54) is 140 Å². The van der Waals surface area contributed by atoms with Gasteiger partial charge in [-0.2, -0.15) is 0 Å². The number of unbranched alkanes of at least 4 members (excludes halogenated alkanes) is 15. The van der Waals surface area contributed by atoms with E-state index in [-0.39, 0.29) is 0 Å². The summed E-state index contributed by atoms with van der Waals surface area (Å²) < 4.78 is 17.4. The van der Waals surface area contributed by atoms with Crippen LogP contribution in [0, 0.1) is 0 Å². The molecule has 220 valence electrons. The van der Waals surface area contributed by atoms with Crippen LogP contribution >= 0.6 is 20.8 Å². The maximum absolute atomic E-state index is 5.79. The van der Waals surface area contributed by atoms with Gasteiger partial charge in [0.2, 0.25) is 0 Å². The SMILES string of the molecule is CCCCCCCCP(Br)(CCCCCCCC)(CCCCCCCC)CCC[Si](OC)(OC)OC. The van der Waals surface area contributed by atoms with Crippen molar-refractivity contribution in [3.8, 4) is 0 Å².